The van der Waals surface area contributed by atoms with Crippen molar-refractivity contribution in [2.45, 2.75) is 25.5 Å². The second kappa shape index (κ2) is 8.36. The molecule has 0 saturated carbocycles. The summed E-state index contributed by atoms with van der Waals surface area (Å²) >= 11 is 1.68. The minimum absolute atomic E-state index is 0.296. The molecule has 0 radical (unpaired) electrons. The number of piperidine rings is 1. The largest absolute Gasteiger partial charge is 0.391 e. The fourth-order valence-corrected chi connectivity index (χ4v) is 5.16. The third-order valence-electron chi connectivity index (χ3n) is 5.71. The zero-order valence-electron chi connectivity index (χ0n) is 16.5. The van der Waals surface area contributed by atoms with Crippen molar-refractivity contribution in [2.75, 3.05) is 44.3 Å². The maximum atomic E-state index is 10.3. The molecule has 1 N–H and O–H groups in total. The quantitative estimate of drug-likeness (QED) is 0.713. The fourth-order valence-electron chi connectivity index (χ4n) is 4.20. The first-order valence-corrected chi connectivity index (χ1v) is 11.2. The Kier molecular flexibility index (Phi) is 5.46. The van der Waals surface area contributed by atoms with Gasteiger partial charge in [0.2, 0.25) is 0 Å². The van der Waals surface area contributed by atoms with Gasteiger partial charge in [-0.15, -0.1) is 11.3 Å². The van der Waals surface area contributed by atoms with E-state index in [2.05, 4.69) is 39.4 Å². The summed E-state index contributed by atoms with van der Waals surface area (Å²) in [5, 5.41) is 13.6. The molecule has 7 heteroatoms. The molecule has 29 heavy (non-hydrogen) atoms. The number of aliphatic hydroxyl groups is 1. The summed E-state index contributed by atoms with van der Waals surface area (Å²) in [5.41, 5.74) is 2.36. The van der Waals surface area contributed by atoms with Gasteiger partial charge < -0.3 is 14.7 Å². The summed E-state index contributed by atoms with van der Waals surface area (Å²) < 4.78 is 5.47. The van der Waals surface area contributed by atoms with E-state index in [1.165, 1.54) is 11.1 Å². The molecule has 2 saturated heterocycles. The van der Waals surface area contributed by atoms with E-state index in [4.69, 9.17) is 14.7 Å². The molecule has 1 aromatic carbocycles. The third kappa shape index (κ3) is 4.00. The molecule has 0 amide bonds. The van der Waals surface area contributed by atoms with Gasteiger partial charge in [-0.1, -0.05) is 30.3 Å². The third-order valence-corrected chi connectivity index (χ3v) is 6.58. The van der Waals surface area contributed by atoms with Crippen LogP contribution in [-0.2, 0) is 11.3 Å². The lowest BCUT2D eigenvalue weighted by Gasteiger charge is -2.32. The SMILES string of the molecule is OC1CCCN(c2nc(CN3CCOCC3)nc3scc(-c4ccccc4)c23)C1. The number of hydrogen-bond donors (Lipinski definition) is 1. The number of morpholine rings is 1. The van der Waals surface area contributed by atoms with E-state index >= 15 is 0 Å². The van der Waals surface area contributed by atoms with E-state index in [-0.39, 0.29) is 6.10 Å². The van der Waals surface area contributed by atoms with Crippen molar-refractivity contribution in [2.24, 2.45) is 0 Å². The Morgan fingerprint density at radius 3 is 2.72 bits per heavy atom. The molecule has 2 aromatic heterocycles. The number of thiophene rings is 1. The molecular formula is C22H26N4O2S. The molecule has 3 aromatic rings. The van der Waals surface area contributed by atoms with E-state index < -0.39 is 0 Å². The Labute approximate surface area is 174 Å². The number of β-amino-alcohol motifs (C(OH)–C–C–N with tert-alkyl or cyclic N) is 1. The highest BCUT2D eigenvalue weighted by Crippen LogP contribution is 2.39. The molecule has 2 fully saturated rings. The van der Waals surface area contributed by atoms with Crippen LogP contribution in [0.5, 0.6) is 0 Å². The maximum absolute atomic E-state index is 10.3. The van der Waals surface area contributed by atoms with Crippen LogP contribution in [0.2, 0.25) is 0 Å². The lowest BCUT2D eigenvalue weighted by atomic mass is 10.0. The van der Waals surface area contributed by atoms with Crippen molar-refractivity contribution in [3.63, 3.8) is 0 Å². The van der Waals surface area contributed by atoms with Gasteiger partial charge in [0.1, 0.15) is 16.5 Å². The Hall–Kier alpha value is -2.06. The molecule has 6 nitrogen and oxygen atoms in total. The molecule has 2 aliphatic heterocycles. The molecule has 0 spiro atoms. The zero-order chi connectivity index (χ0) is 19.6. The van der Waals surface area contributed by atoms with E-state index in [1.807, 2.05) is 6.07 Å². The van der Waals surface area contributed by atoms with Gasteiger partial charge in [-0.05, 0) is 18.4 Å². The van der Waals surface area contributed by atoms with Gasteiger partial charge in [0.15, 0.2) is 0 Å². The first kappa shape index (κ1) is 18.9. The van der Waals surface area contributed by atoms with Gasteiger partial charge in [-0.25, -0.2) is 9.97 Å². The molecule has 2 aliphatic rings. The van der Waals surface area contributed by atoms with E-state index in [1.54, 1.807) is 11.3 Å². The van der Waals surface area contributed by atoms with Crippen molar-refractivity contribution < 1.29 is 9.84 Å². The van der Waals surface area contributed by atoms with Gasteiger partial charge in [-0.3, -0.25) is 4.90 Å². The number of rotatable bonds is 4. The highest BCUT2D eigenvalue weighted by atomic mass is 32.1. The Morgan fingerprint density at radius 1 is 1.10 bits per heavy atom. The molecule has 1 atom stereocenters. The number of fused-ring (bicyclic) bond motifs is 1. The minimum Gasteiger partial charge on any atom is -0.391 e. The van der Waals surface area contributed by atoms with Gasteiger partial charge in [-0.2, -0.15) is 0 Å². The minimum atomic E-state index is -0.296. The number of nitrogens with zero attached hydrogens (tertiary/aromatic N) is 4. The van der Waals surface area contributed by atoms with Crippen molar-refractivity contribution in [1.29, 1.82) is 0 Å². The van der Waals surface area contributed by atoms with Crippen LogP contribution in [0.15, 0.2) is 35.7 Å². The Morgan fingerprint density at radius 2 is 1.93 bits per heavy atom. The first-order chi connectivity index (χ1) is 14.3. The standard InChI is InChI=1S/C22H26N4O2S/c27-17-7-4-8-26(13-17)21-20-18(16-5-2-1-3-6-16)15-29-22(20)24-19(23-21)14-25-9-11-28-12-10-25/h1-3,5-6,15,17,27H,4,7-14H2. The van der Waals surface area contributed by atoms with Crippen LogP contribution in [-0.4, -0.2) is 65.5 Å². The summed E-state index contributed by atoms with van der Waals surface area (Å²) in [5.74, 6) is 1.83. The Balaban J connectivity index is 1.58. The van der Waals surface area contributed by atoms with Crippen LogP contribution in [0.25, 0.3) is 21.3 Å². The van der Waals surface area contributed by atoms with Gasteiger partial charge in [0.25, 0.3) is 0 Å². The second-order valence-electron chi connectivity index (χ2n) is 7.79. The number of anilines is 1. The van der Waals surface area contributed by atoms with Gasteiger partial charge in [0.05, 0.1) is 31.2 Å². The lowest BCUT2D eigenvalue weighted by Crippen LogP contribution is -2.39. The van der Waals surface area contributed by atoms with Crippen LogP contribution in [0.3, 0.4) is 0 Å². The maximum Gasteiger partial charge on any atom is 0.146 e. The van der Waals surface area contributed by atoms with Gasteiger partial charge >= 0.3 is 0 Å². The summed E-state index contributed by atoms with van der Waals surface area (Å²) in [6, 6.07) is 10.4. The van der Waals surface area contributed by atoms with E-state index in [0.717, 1.165) is 74.1 Å². The van der Waals surface area contributed by atoms with Crippen molar-refractivity contribution >= 4 is 27.4 Å². The predicted molar refractivity (Wildman–Crippen MR) is 116 cm³/mol. The summed E-state index contributed by atoms with van der Waals surface area (Å²) in [6.07, 6.45) is 1.55. The van der Waals surface area contributed by atoms with Crippen molar-refractivity contribution in [1.82, 2.24) is 14.9 Å². The summed E-state index contributed by atoms with van der Waals surface area (Å²) in [6.45, 7) is 5.66. The predicted octanol–water partition coefficient (Wildman–Crippen LogP) is 3.15. The normalized spacial score (nSPS) is 21.0. The second-order valence-corrected chi connectivity index (χ2v) is 8.65. The monoisotopic (exact) mass is 410 g/mol. The van der Waals surface area contributed by atoms with Crippen LogP contribution in [0.4, 0.5) is 5.82 Å². The molecule has 0 aliphatic carbocycles. The van der Waals surface area contributed by atoms with Crippen molar-refractivity contribution in [3.8, 4) is 11.1 Å². The average molecular weight is 411 g/mol. The number of aromatic nitrogens is 2. The average Bonchev–Trinajstić information content (AvgIpc) is 3.18. The van der Waals surface area contributed by atoms with E-state index in [9.17, 15) is 5.11 Å². The van der Waals surface area contributed by atoms with Crippen molar-refractivity contribution in [3.05, 3.63) is 41.5 Å². The summed E-state index contributed by atoms with van der Waals surface area (Å²) in [7, 11) is 0. The highest BCUT2D eigenvalue weighted by molar-refractivity contribution is 7.17. The highest BCUT2D eigenvalue weighted by Gasteiger charge is 2.25. The lowest BCUT2D eigenvalue weighted by molar-refractivity contribution is 0.0331. The number of ether oxygens (including phenoxy) is 1. The molecule has 1 unspecified atom stereocenters. The molecule has 0 bridgehead atoms. The summed E-state index contributed by atoms with van der Waals surface area (Å²) in [4.78, 5) is 15.6. The Bertz CT molecular complexity index is 972. The molecule has 152 valence electrons. The zero-order valence-corrected chi connectivity index (χ0v) is 17.3. The smallest absolute Gasteiger partial charge is 0.146 e. The fraction of sp³-hybridized carbons (Fsp3) is 0.455. The van der Waals surface area contributed by atoms with Crippen LogP contribution < -0.4 is 4.90 Å². The number of hydrogen-bond acceptors (Lipinski definition) is 7. The van der Waals surface area contributed by atoms with Gasteiger partial charge in [0, 0.05) is 37.1 Å². The van der Waals surface area contributed by atoms with Crippen LogP contribution in [0, 0.1) is 0 Å². The number of benzene rings is 1. The van der Waals surface area contributed by atoms with Crippen LogP contribution >= 0.6 is 11.3 Å². The van der Waals surface area contributed by atoms with Crippen LogP contribution in [0.1, 0.15) is 18.7 Å². The molecule has 4 heterocycles. The van der Waals surface area contributed by atoms with E-state index in [0.29, 0.717) is 6.54 Å². The number of aliphatic hydroxyl groups excluding tert-OH is 1. The molecule has 5 rings (SSSR count). The first-order valence-electron chi connectivity index (χ1n) is 10.3. The topological polar surface area (TPSA) is 61.7 Å². The molecular weight excluding hydrogens is 384 g/mol.